The maximum Gasteiger partial charge on any atom is 0.225 e. The van der Waals surface area contributed by atoms with Crippen LogP contribution in [0.4, 0.5) is 0 Å². The lowest BCUT2D eigenvalue weighted by atomic mass is 9.94. The second kappa shape index (κ2) is 17.6. The molecule has 0 aromatic carbocycles. The molecule has 0 bridgehead atoms. The van der Waals surface area contributed by atoms with Crippen LogP contribution in [-0.2, 0) is 9.59 Å². The largest absolute Gasteiger partial charge is 0.343 e. The molecule has 0 N–H and O–H groups in total. The van der Waals surface area contributed by atoms with Crippen LogP contribution in [0, 0.1) is 5.92 Å². The smallest absolute Gasteiger partial charge is 0.225 e. The van der Waals surface area contributed by atoms with Crippen LogP contribution in [0.15, 0.2) is 0 Å². The minimum Gasteiger partial charge on any atom is -0.343 e. The van der Waals surface area contributed by atoms with Crippen LogP contribution in [0.25, 0.3) is 0 Å². The molecule has 0 aromatic rings. The van der Waals surface area contributed by atoms with Gasteiger partial charge in [-0.15, -0.1) is 0 Å². The first-order chi connectivity index (χ1) is 14.6. The Bertz CT molecular complexity index is 432. The number of hydrogen-bond donors (Lipinski definition) is 0. The summed E-state index contributed by atoms with van der Waals surface area (Å²) >= 11 is 0. The number of nitrogens with zero attached hydrogens (tertiary/aromatic N) is 2. The Hall–Kier alpha value is -1.06. The Balaban J connectivity index is 0.000000311. The number of carbonyl (C=O) groups excluding carboxylic acids is 2. The Morgan fingerprint density at radius 3 is 1.57 bits per heavy atom. The van der Waals surface area contributed by atoms with Gasteiger partial charge in [-0.3, -0.25) is 9.59 Å². The van der Waals surface area contributed by atoms with Gasteiger partial charge in [0.25, 0.3) is 0 Å². The predicted octanol–water partition coefficient (Wildman–Crippen LogP) is 6.57. The van der Waals surface area contributed by atoms with E-state index in [1.165, 1.54) is 77.0 Å². The number of likely N-dealkylation sites (tertiary alicyclic amines) is 2. The van der Waals surface area contributed by atoms with Crippen molar-refractivity contribution in [1.82, 2.24) is 9.80 Å². The zero-order chi connectivity index (χ0) is 22.0. The molecule has 0 aliphatic carbocycles. The molecule has 0 atom stereocenters. The second-order valence-electron chi connectivity index (χ2n) is 9.27. The first kappa shape index (κ1) is 27.0. The highest BCUT2D eigenvalue weighted by molar-refractivity contribution is 5.78. The van der Waals surface area contributed by atoms with Crippen molar-refractivity contribution in [1.29, 1.82) is 0 Å². The van der Waals surface area contributed by atoms with Gasteiger partial charge < -0.3 is 9.80 Å². The molecular weight excluding hydrogens is 372 g/mol. The fourth-order valence-electron chi connectivity index (χ4n) is 4.49. The van der Waals surface area contributed by atoms with Gasteiger partial charge in [-0.2, -0.15) is 0 Å². The molecule has 0 radical (unpaired) electrons. The van der Waals surface area contributed by atoms with Crippen molar-refractivity contribution in [2.45, 2.75) is 124 Å². The number of amides is 2. The van der Waals surface area contributed by atoms with E-state index in [0.29, 0.717) is 17.7 Å². The highest BCUT2D eigenvalue weighted by atomic mass is 16.2. The van der Waals surface area contributed by atoms with Gasteiger partial charge in [0.2, 0.25) is 11.8 Å². The number of piperidine rings is 2. The Morgan fingerprint density at radius 1 is 0.633 bits per heavy atom. The third kappa shape index (κ3) is 11.4. The third-order valence-electron chi connectivity index (χ3n) is 6.53. The summed E-state index contributed by atoms with van der Waals surface area (Å²) in [6.07, 6.45) is 18.7. The van der Waals surface area contributed by atoms with Crippen LogP contribution in [0.1, 0.15) is 124 Å². The molecule has 0 spiro atoms. The molecule has 0 aromatic heterocycles. The molecule has 0 unspecified atom stereocenters. The second-order valence-corrected chi connectivity index (χ2v) is 9.27. The molecule has 176 valence electrons. The van der Waals surface area contributed by atoms with Gasteiger partial charge in [-0.25, -0.2) is 0 Å². The molecule has 2 saturated heterocycles. The van der Waals surface area contributed by atoms with Crippen molar-refractivity contribution in [2.75, 3.05) is 26.2 Å². The summed E-state index contributed by atoms with van der Waals surface area (Å²) in [4.78, 5) is 28.2. The fraction of sp³-hybridized carbons (Fsp3) is 0.923. The standard InChI is InChI=1S/C15H29NO.C11H21NO/c1-3-5-10-14(11-6-4-2)15(17)16-12-8-7-9-13-16;1-2-3-5-8-11(13)12-9-6-4-7-10-12/h14H,3-13H2,1-2H3;2-10H2,1H3. The summed E-state index contributed by atoms with van der Waals surface area (Å²) in [5, 5.41) is 0. The minimum atomic E-state index is 0.313. The van der Waals surface area contributed by atoms with Gasteiger partial charge in [0.15, 0.2) is 0 Å². The zero-order valence-corrected chi connectivity index (χ0v) is 20.4. The van der Waals surface area contributed by atoms with Crippen LogP contribution in [0.5, 0.6) is 0 Å². The fourth-order valence-corrected chi connectivity index (χ4v) is 4.49. The van der Waals surface area contributed by atoms with Gasteiger partial charge in [-0.05, 0) is 57.8 Å². The van der Waals surface area contributed by atoms with Crippen molar-refractivity contribution in [2.24, 2.45) is 5.92 Å². The Labute approximate surface area is 187 Å². The first-order valence-electron chi connectivity index (χ1n) is 13.2. The molecule has 0 saturated carbocycles. The van der Waals surface area contributed by atoms with E-state index in [-0.39, 0.29) is 0 Å². The van der Waals surface area contributed by atoms with E-state index in [1.54, 1.807) is 0 Å². The molecule has 2 aliphatic heterocycles. The van der Waals surface area contributed by atoms with Gasteiger partial charge >= 0.3 is 0 Å². The van der Waals surface area contributed by atoms with E-state index >= 15 is 0 Å². The van der Waals surface area contributed by atoms with E-state index < -0.39 is 0 Å². The molecule has 2 rings (SSSR count). The molecule has 2 fully saturated rings. The van der Waals surface area contributed by atoms with Crippen molar-refractivity contribution >= 4 is 11.8 Å². The van der Waals surface area contributed by atoms with Gasteiger partial charge in [-0.1, -0.05) is 59.3 Å². The minimum absolute atomic E-state index is 0.313. The summed E-state index contributed by atoms with van der Waals surface area (Å²) in [6.45, 7) is 10.6. The van der Waals surface area contributed by atoms with Crippen LogP contribution in [0.2, 0.25) is 0 Å². The van der Waals surface area contributed by atoms with E-state index in [4.69, 9.17) is 0 Å². The van der Waals surface area contributed by atoms with E-state index in [2.05, 4.69) is 25.7 Å². The number of carbonyl (C=O) groups is 2. The lowest BCUT2D eigenvalue weighted by molar-refractivity contribution is -0.137. The zero-order valence-electron chi connectivity index (χ0n) is 20.4. The Kier molecular flexibility index (Phi) is 15.8. The summed E-state index contributed by atoms with van der Waals surface area (Å²) in [5.74, 6) is 1.15. The summed E-state index contributed by atoms with van der Waals surface area (Å²) in [5.41, 5.74) is 0. The van der Waals surface area contributed by atoms with Crippen LogP contribution < -0.4 is 0 Å². The maximum absolute atomic E-state index is 12.4. The summed E-state index contributed by atoms with van der Waals surface area (Å²) in [7, 11) is 0. The van der Waals surface area contributed by atoms with Gasteiger partial charge in [0.05, 0.1) is 0 Å². The van der Waals surface area contributed by atoms with Gasteiger partial charge in [0.1, 0.15) is 0 Å². The van der Waals surface area contributed by atoms with Crippen LogP contribution in [-0.4, -0.2) is 47.8 Å². The van der Waals surface area contributed by atoms with Crippen molar-refractivity contribution in [3.05, 3.63) is 0 Å². The molecular formula is C26H50N2O2. The summed E-state index contributed by atoms with van der Waals surface area (Å²) < 4.78 is 0. The quantitative estimate of drug-likeness (QED) is 0.353. The molecule has 30 heavy (non-hydrogen) atoms. The Morgan fingerprint density at radius 2 is 1.10 bits per heavy atom. The maximum atomic E-state index is 12.4. The highest BCUT2D eigenvalue weighted by Crippen LogP contribution is 2.21. The third-order valence-corrected chi connectivity index (χ3v) is 6.53. The molecule has 2 amide bonds. The van der Waals surface area contributed by atoms with Gasteiger partial charge in [0, 0.05) is 38.5 Å². The van der Waals surface area contributed by atoms with Crippen molar-refractivity contribution in [3.8, 4) is 0 Å². The summed E-state index contributed by atoms with van der Waals surface area (Å²) in [6, 6.07) is 0. The van der Waals surface area contributed by atoms with Crippen LogP contribution in [0.3, 0.4) is 0 Å². The molecule has 4 nitrogen and oxygen atoms in total. The topological polar surface area (TPSA) is 40.6 Å². The van der Waals surface area contributed by atoms with Crippen LogP contribution >= 0.6 is 0 Å². The number of rotatable bonds is 11. The monoisotopic (exact) mass is 422 g/mol. The van der Waals surface area contributed by atoms with E-state index in [9.17, 15) is 9.59 Å². The molecule has 2 aliphatic rings. The van der Waals surface area contributed by atoms with E-state index in [0.717, 1.165) is 51.9 Å². The average Bonchev–Trinajstić information content (AvgIpc) is 2.80. The predicted molar refractivity (Wildman–Crippen MR) is 128 cm³/mol. The van der Waals surface area contributed by atoms with Crippen molar-refractivity contribution < 1.29 is 9.59 Å². The van der Waals surface area contributed by atoms with E-state index in [1.807, 2.05) is 4.90 Å². The first-order valence-corrected chi connectivity index (χ1v) is 13.2. The molecule has 2 heterocycles. The molecule has 4 heteroatoms. The van der Waals surface area contributed by atoms with Crippen molar-refractivity contribution in [3.63, 3.8) is 0 Å². The average molecular weight is 423 g/mol. The lowest BCUT2D eigenvalue weighted by Crippen LogP contribution is -2.39. The SMILES string of the molecule is CCCCC(CCCC)C(=O)N1CCCCC1.CCCCCC(=O)N1CCCCC1. The normalized spacial score (nSPS) is 16.9. The number of unbranched alkanes of at least 4 members (excludes halogenated alkanes) is 4. The highest BCUT2D eigenvalue weighted by Gasteiger charge is 2.24. The lowest BCUT2D eigenvalue weighted by Gasteiger charge is -2.30. The number of hydrogen-bond acceptors (Lipinski definition) is 2.